The number of carbonyl (C=O) groups is 1. The third-order valence-corrected chi connectivity index (χ3v) is 5.72. The van der Waals surface area contributed by atoms with Crippen molar-refractivity contribution < 1.29 is 14.6 Å². The number of aromatic amines is 1. The van der Waals surface area contributed by atoms with Crippen LogP contribution >= 0.6 is 0 Å². The molecular weight excluding hydrogens is 408 g/mol. The van der Waals surface area contributed by atoms with Crippen molar-refractivity contribution >= 4 is 23.3 Å². The lowest BCUT2D eigenvalue weighted by molar-refractivity contribution is -0.122. The summed E-state index contributed by atoms with van der Waals surface area (Å²) in [5, 5.41) is 16.4. The van der Waals surface area contributed by atoms with Gasteiger partial charge in [0.25, 0.3) is 6.47 Å². The number of ether oxygens (including phenoxy) is 1. The Hall–Kier alpha value is -2.86. The monoisotopic (exact) mass is 444 g/mol. The van der Waals surface area contributed by atoms with E-state index in [2.05, 4.69) is 32.8 Å². The summed E-state index contributed by atoms with van der Waals surface area (Å²) in [7, 11) is 0. The first-order chi connectivity index (χ1) is 15.5. The van der Waals surface area contributed by atoms with E-state index in [9.17, 15) is 5.26 Å². The van der Waals surface area contributed by atoms with Gasteiger partial charge in [-0.3, -0.25) is 4.79 Å². The number of fused-ring (bicyclic) bond motifs is 1. The molecule has 0 amide bonds. The Balaban J connectivity index is 0.00000114. The summed E-state index contributed by atoms with van der Waals surface area (Å²) in [5.41, 5.74) is 8.96. The number of unbranched alkanes of at least 4 members (excludes halogenated alkanes) is 2. The molecule has 0 aromatic carbocycles. The van der Waals surface area contributed by atoms with Gasteiger partial charge in [0.1, 0.15) is 22.8 Å². The third-order valence-electron chi connectivity index (χ3n) is 5.72. The number of rotatable bonds is 10. The molecule has 2 aromatic rings. The highest BCUT2D eigenvalue weighted by Crippen LogP contribution is 2.28. The molecule has 0 bridgehead atoms. The van der Waals surface area contributed by atoms with E-state index in [-0.39, 0.29) is 12.6 Å². The zero-order valence-corrected chi connectivity index (χ0v) is 19.3. The molecule has 1 atom stereocenters. The molecule has 9 heteroatoms. The molecule has 1 aliphatic heterocycles. The highest BCUT2D eigenvalue weighted by Gasteiger charge is 2.18. The molecule has 2 aromatic heterocycles. The van der Waals surface area contributed by atoms with Crippen LogP contribution in [0.2, 0.25) is 0 Å². The highest BCUT2D eigenvalue weighted by molar-refractivity contribution is 5.89. The summed E-state index contributed by atoms with van der Waals surface area (Å²) in [6, 6.07) is 2.55. The second-order valence-electron chi connectivity index (χ2n) is 8.24. The Morgan fingerprint density at radius 2 is 2.00 bits per heavy atom. The Bertz CT molecular complexity index is 886. The lowest BCUT2D eigenvalue weighted by Crippen LogP contribution is -2.30. The standard InChI is InChI=1S/C22H34N6O.CH2O2/c1-3-10-16(2)29-22-26-19-17(18(15-23)25-20(19)21(24)27-22)11-6-4-7-12-28-13-8-5-9-14-28;2-1-3/h16,25H,3-14H2,1-2H3,(H2,24,26,27);1H,(H,2,3). The molecule has 0 spiro atoms. The largest absolute Gasteiger partial charge is 0.483 e. The number of H-pyrrole nitrogens is 1. The van der Waals surface area contributed by atoms with Crippen molar-refractivity contribution in [2.24, 2.45) is 0 Å². The summed E-state index contributed by atoms with van der Waals surface area (Å²) in [6.45, 7) is 7.55. The Kier molecular flexibility index (Phi) is 10.7. The van der Waals surface area contributed by atoms with Gasteiger partial charge in [0.2, 0.25) is 0 Å². The number of nitrogens with zero attached hydrogens (tertiary/aromatic N) is 4. The molecule has 1 fully saturated rings. The lowest BCUT2D eigenvalue weighted by atomic mass is 10.1. The molecule has 0 radical (unpaired) electrons. The van der Waals surface area contributed by atoms with Gasteiger partial charge in [-0.1, -0.05) is 26.2 Å². The van der Waals surface area contributed by atoms with Crippen LogP contribution in [0.3, 0.4) is 0 Å². The van der Waals surface area contributed by atoms with Crippen molar-refractivity contribution in [3.63, 3.8) is 0 Å². The summed E-state index contributed by atoms with van der Waals surface area (Å²) in [4.78, 5) is 22.9. The van der Waals surface area contributed by atoms with Gasteiger partial charge in [-0.2, -0.15) is 15.2 Å². The maximum Gasteiger partial charge on any atom is 0.319 e. The van der Waals surface area contributed by atoms with Crippen LogP contribution in [0.1, 0.15) is 76.5 Å². The zero-order chi connectivity index (χ0) is 23.3. The molecule has 1 saturated heterocycles. The van der Waals surface area contributed by atoms with E-state index in [0.717, 1.165) is 43.2 Å². The zero-order valence-electron chi connectivity index (χ0n) is 19.3. The van der Waals surface area contributed by atoms with Gasteiger partial charge in [-0.25, -0.2) is 0 Å². The number of aryl methyl sites for hydroxylation is 1. The number of piperidine rings is 1. The third kappa shape index (κ3) is 7.38. The van der Waals surface area contributed by atoms with E-state index in [4.69, 9.17) is 20.4 Å². The molecule has 32 heavy (non-hydrogen) atoms. The highest BCUT2D eigenvalue weighted by atomic mass is 16.5. The minimum atomic E-state index is -0.250. The number of likely N-dealkylation sites (tertiary alicyclic amines) is 1. The van der Waals surface area contributed by atoms with E-state index >= 15 is 0 Å². The molecule has 176 valence electrons. The van der Waals surface area contributed by atoms with Crippen LogP contribution in [-0.4, -0.2) is 57.2 Å². The molecule has 3 rings (SSSR count). The van der Waals surface area contributed by atoms with E-state index in [1.807, 2.05) is 6.92 Å². The van der Waals surface area contributed by atoms with E-state index in [0.29, 0.717) is 23.0 Å². The van der Waals surface area contributed by atoms with Crippen molar-refractivity contribution in [2.45, 2.75) is 77.7 Å². The minimum Gasteiger partial charge on any atom is -0.483 e. The van der Waals surface area contributed by atoms with Gasteiger partial charge in [0.05, 0.1) is 6.10 Å². The Morgan fingerprint density at radius 3 is 2.66 bits per heavy atom. The Morgan fingerprint density at radius 1 is 1.28 bits per heavy atom. The number of hydrogen-bond donors (Lipinski definition) is 3. The number of carboxylic acid groups (broad SMARTS) is 1. The SMILES string of the molecule is CCCC(C)Oc1nc(N)c2[nH]c(C#N)c(CCCCCN3CCCCC3)c2n1.O=CO. The van der Waals surface area contributed by atoms with Gasteiger partial charge in [0.15, 0.2) is 5.82 Å². The normalized spacial score (nSPS) is 14.9. The quantitative estimate of drug-likeness (QED) is 0.370. The molecule has 9 nitrogen and oxygen atoms in total. The molecule has 0 aliphatic carbocycles. The van der Waals surface area contributed by atoms with Crippen molar-refractivity contribution in [1.82, 2.24) is 19.9 Å². The molecule has 3 heterocycles. The van der Waals surface area contributed by atoms with Crippen molar-refractivity contribution in [1.29, 1.82) is 5.26 Å². The molecular formula is C23H36N6O3. The van der Waals surface area contributed by atoms with E-state index < -0.39 is 0 Å². The predicted molar refractivity (Wildman–Crippen MR) is 125 cm³/mol. The smallest absolute Gasteiger partial charge is 0.319 e. The fourth-order valence-corrected chi connectivity index (χ4v) is 4.15. The number of anilines is 1. The number of nitriles is 1. The van der Waals surface area contributed by atoms with Crippen LogP contribution in [0.5, 0.6) is 6.01 Å². The summed E-state index contributed by atoms with van der Waals surface area (Å²) < 4.78 is 5.85. The predicted octanol–water partition coefficient (Wildman–Crippen LogP) is 3.88. The summed E-state index contributed by atoms with van der Waals surface area (Å²) in [5.74, 6) is 0.335. The molecule has 1 aliphatic rings. The van der Waals surface area contributed by atoms with E-state index in [1.54, 1.807) is 0 Å². The van der Waals surface area contributed by atoms with Crippen LogP contribution in [0.25, 0.3) is 11.0 Å². The van der Waals surface area contributed by atoms with Crippen LogP contribution < -0.4 is 10.5 Å². The first kappa shape index (κ1) is 25.4. The number of hydrogen-bond acceptors (Lipinski definition) is 7. The summed E-state index contributed by atoms with van der Waals surface area (Å²) in [6.07, 6.45) is 10.2. The first-order valence-corrected chi connectivity index (χ1v) is 11.6. The number of nitrogens with two attached hydrogens (primary N) is 1. The molecule has 4 N–H and O–H groups in total. The number of aromatic nitrogens is 3. The Labute approximate surface area is 190 Å². The second kappa shape index (κ2) is 13.5. The van der Waals surface area contributed by atoms with Gasteiger partial charge >= 0.3 is 6.01 Å². The lowest BCUT2D eigenvalue weighted by Gasteiger charge is -2.26. The van der Waals surface area contributed by atoms with Crippen molar-refractivity contribution in [3.8, 4) is 12.1 Å². The molecule has 0 saturated carbocycles. The average molecular weight is 445 g/mol. The maximum absolute atomic E-state index is 9.56. The van der Waals surface area contributed by atoms with Crippen molar-refractivity contribution in [3.05, 3.63) is 11.3 Å². The van der Waals surface area contributed by atoms with Crippen LogP contribution in [0.15, 0.2) is 0 Å². The fourth-order valence-electron chi connectivity index (χ4n) is 4.15. The number of nitrogens with one attached hydrogen (secondary N) is 1. The number of nitrogen functional groups attached to an aromatic ring is 1. The fraction of sp³-hybridized carbons (Fsp3) is 0.652. The van der Waals surface area contributed by atoms with Crippen LogP contribution in [0.4, 0.5) is 5.82 Å². The van der Waals surface area contributed by atoms with Gasteiger partial charge in [-0.15, -0.1) is 0 Å². The van der Waals surface area contributed by atoms with Gasteiger partial charge < -0.3 is 25.5 Å². The average Bonchev–Trinajstić information content (AvgIpc) is 3.13. The second-order valence-corrected chi connectivity index (χ2v) is 8.24. The first-order valence-electron chi connectivity index (χ1n) is 11.6. The van der Waals surface area contributed by atoms with Gasteiger partial charge in [-0.05, 0) is 65.1 Å². The van der Waals surface area contributed by atoms with Crippen LogP contribution in [0, 0.1) is 11.3 Å². The van der Waals surface area contributed by atoms with Crippen molar-refractivity contribution in [2.75, 3.05) is 25.4 Å². The summed E-state index contributed by atoms with van der Waals surface area (Å²) >= 11 is 0. The van der Waals surface area contributed by atoms with Crippen LogP contribution in [-0.2, 0) is 11.2 Å². The van der Waals surface area contributed by atoms with E-state index in [1.165, 1.54) is 45.3 Å². The minimum absolute atomic E-state index is 0.0319. The maximum atomic E-state index is 9.56. The van der Waals surface area contributed by atoms with Gasteiger partial charge in [0, 0.05) is 5.56 Å². The molecule has 1 unspecified atom stereocenters. The topological polar surface area (TPSA) is 141 Å².